The van der Waals surface area contributed by atoms with Crippen LogP contribution >= 0.6 is 0 Å². The number of ether oxygens (including phenoxy) is 1. The predicted octanol–water partition coefficient (Wildman–Crippen LogP) is 4.89. The van der Waals surface area contributed by atoms with Crippen LogP contribution in [0.3, 0.4) is 0 Å². The third kappa shape index (κ3) is 4.97. The van der Waals surface area contributed by atoms with Gasteiger partial charge in [-0.1, -0.05) is 25.5 Å². The number of amides is 1. The summed E-state index contributed by atoms with van der Waals surface area (Å²) in [5.74, 6) is 0.246. The Balaban J connectivity index is 1.62. The molecule has 0 radical (unpaired) electrons. The lowest BCUT2D eigenvalue weighted by Gasteiger charge is -2.13. The maximum absolute atomic E-state index is 13.0. The van der Waals surface area contributed by atoms with Crippen LogP contribution in [-0.4, -0.2) is 22.7 Å². The van der Waals surface area contributed by atoms with Crippen LogP contribution in [-0.2, 0) is 0 Å². The van der Waals surface area contributed by atoms with Gasteiger partial charge in [0.1, 0.15) is 17.3 Å². The van der Waals surface area contributed by atoms with Crippen molar-refractivity contribution in [3.63, 3.8) is 0 Å². The van der Waals surface area contributed by atoms with Gasteiger partial charge in [0.2, 0.25) is 0 Å². The van der Waals surface area contributed by atoms with E-state index in [1.807, 2.05) is 31.2 Å². The zero-order valence-corrected chi connectivity index (χ0v) is 16.0. The second kappa shape index (κ2) is 9.17. The lowest BCUT2D eigenvalue weighted by Crippen LogP contribution is -2.26. The number of aromatic nitrogens is 2. The van der Waals surface area contributed by atoms with Crippen molar-refractivity contribution in [1.82, 2.24) is 15.5 Å². The van der Waals surface area contributed by atoms with Crippen LogP contribution in [0.15, 0.2) is 54.6 Å². The number of aromatic amines is 1. The second-order valence-electron chi connectivity index (χ2n) is 6.64. The number of hydrogen-bond acceptors (Lipinski definition) is 3. The third-order valence-electron chi connectivity index (χ3n) is 4.46. The molecule has 3 aromatic rings. The molecule has 1 heterocycles. The summed E-state index contributed by atoms with van der Waals surface area (Å²) < 4.78 is 18.7. The summed E-state index contributed by atoms with van der Waals surface area (Å²) in [4.78, 5) is 12.5. The minimum Gasteiger partial charge on any atom is -0.494 e. The van der Waals surface area contributed by atoms with Crippen molar-refractivity contribution in [3.8, 4) is 17.0 Å². The Bertz CT molecular complexity index is 904. The summed E-state index contributed by atoms with van der Waals surface area (Å²) in [5.41, 5.74) is 2.77. The normalized spacial score (nSPS) is 11.8. The Labute approximate surface area is 163 Å². The van der Waals surface area contributed by atoms with Crippen molar-refractivity contribution in [2.75, 3.05) is 6.61 Å². The molecule has 6 heteroatoms. The molecule has 146 valence electrons. The minimum atomic E-state index is -0.303. The molecule has 0 fully saturated rings. The van der Waals surface area contributed by atoms with E-state index in [9.17, 15) is 9.18 Å². The molecular formula is C22H24FN3O2. The Kier molecular flexibility index (Phi) is 6.42. The summed E-state index contributed by atoms with van der Waals surface area (Å²) >= 11 is 0. The standard InChI is InChI=1S/C22H24FN3O2/c1-3-4-13-28-19-11-7-17(8-12-19)20-14-21(26-25-20)22(27)24-15(2)16-5-9-18(23)10-6-16/h5-12,14-15H,3-4,13H2,1-2H3,(H,24,27)(H,25,26)/t15-/m0/s1. The predicted molar refractivity (Wildman–Crippen MR) is 107 cm³/mol. The topological polar surface area (TPSA) is 67.0 Å². The fourth-order valence-corrected chi connectivity index (χ4v) is 2.75. The number of H-pyrrole nitrogens is 1. The highest BCUT2D eigenvalue weighted by Crippen LogP contribution is 2.22. The van der Waals surface area contributed by atoms with E-state index in [1.54, 1.807) is 18.2 Å². The van der Waals surface area contributed by atoms with Gasteiger partial charge in [0.15, 0.2) is 0 Å². The molecule has 0 bridgehead atoms. The van der Waals surface area contributed by atoms with E-state index in [0.29, 0.717) is 18.0 Å². The molecule has 0 aliphatic carbocycles. The van der Waals surface area contributed by atoms with Crippen molar-refractivity contribution in [2.24, 2.45) is 0 Å². The highest BCUT2D eigenvalue weighted by atomic mass is 19.1. The van der Waals surface area contributed by atoms with Gasteiger partial charge in [-0.2, -0.15) is 5.10 Å². The van der Waals surface area contributed by atoms with Crippen LogP contribution in [0, 0.1) is 5.82 Å². The molecule has 1 atom stereocenters. The number of benzene rings is 2. The molecule has 28 heavy (non-hydrogen) atoms. The summed E-state index contributed by atoms with van der Waals surface area (Å²) in [6.07, 6.45) is 2.12. The summed E-state index contributed by atoms with van der Waals surface area (Å²) in [6, 6.07) is 15.2. The summed E-state index contributed by atoms with van der Waals surface area (Å²) in [7, 11) is 0. The summed E-state index contributed by atoms with van der Waals surface area (Å²) in [6.45, 7) is 4.67. The summed E-state index contributed by atoms with van der Waals surface area (Å²) in [5, 5.41) is 9.88. The van der Waals surface area contributed by atoms with E-state index in [2.05, 4.69) is 22.4 Å². The van der Waals surface area contributed by atoms with Crippen molar-refractivity contribution >= 4 is 5.91 Å². The van der Waals surface area contributed by atoms with E-state index in [0.717, 1.165) is 29.7 Å². The van der Waals surface area contributed by atoms with E-state index < -0.39 is 0 Å². The Hall–Kier alpha value is -3.15. The van der Waals surface area contributed by atoms with Crippen molar-refractivity contribution in [1.29, 1.82) is 0 Å². The van der Waals surface area contributed by atoms with Crippen LogP contribution < -0.4 is 10.1 Å². The molecule has 1 amide bonds. The van der Waals surface area contributed by atoms with Gasteiger partial charge >= 0.3 is 0 Å². The molecule has 1 aromatic heterocycles. The van der Waals surface area contributed by atoms with Crippen LogP contribution in [0.1, 0.15) is 48.8 Å². The van der Waals surface area contributed by atoms with Gasteiger partial charge in [0.05, 0.1) is 18.3 Å². The van der Waals surface area contributed by atoms with Gasteiger partial charge in [-0.05, 0) is 61.4 Å². The average molecular weight is 381 g/mol. The fraction of sp³-hybridized carbons (Fsp3) is 0.273. The molecule has 3 rings (SSSR count). The van der Waals surface area contributed by atoms with Crippen LogP contribution in [0.2, 0.25) is 0 Å². The van der Waals surface area contributed by atoms with Gasteiger partial charge < -0.3 is 10.1 Å². The first-order chi connectivity index (χ1) is 13.6. The van der Waals surface area contributed by atoms with Gasteiger partial charge in [-0.3, -0.25) is 9.89 Å². The van der Waals surface area contributed by atoms with E-state index >= 15 is 0 Å². The van der Waals surface area contributed by atoms with E-state index in [1.165, 1.54) is 12.1 Å². The first kappa shape index (κ1) is 19.6. The molecule has 2 aromatic carbocycles. The van der Waals surface area contributed by atoms with Crippen LogP contribution in [0.4, 0.5) is 4.39 Å². The highest BCUT2D eigenvalue weighted by Gasteiger charge is 2.15. The van der Waals surface area contributed by atoms with Crippen molar-refractivity contribution in [2.45, 2.75) is 32.7 Å². The lowest BCUT2D eigenvalue weighted by atomic mass is 10.1. The number of rotatable bonds is 8. The van der Waals surface area contributed by atoms with Gasteiger partial charge in [0, 0.05) is 5.56 Å². The lowest BCUT2D eigenvalue weighted by molar-refractivity contribution is 0.0935. The number of hydrogen-bond donors (Lipinski definition) is 2. The van der Waals surface area contributed by atoms with Crippen molar-refractivity contribution in [3.05, 3.63) is 71.7 Å². The number of nitrogens with one attached hydrogen (secondary N) is 2. The van der Waals surface area contributed by atoms with Gasteiger partial charge in [0.25, 0.3) is 5.91 Å². The molecular weight excluding hydrogens is 357 g/mol. The smallest absolute Gasteiger partial charge is 0.269 e. The Morgan fingerprint density at radius 3 is 2.57 bits per heavy atom. The molecule has 0 aliphatic heterocycles. The molecule has 0 unspecified atom stereocenters. The van der Waals surface area contributed by atoms with E-state index in [-0.39, 0.29) is 17.8 Å². The zero-order chi connectivity index (χ0) is 19.9. The zero-order valence-electron chi connectivity index (χ0n) is 16.0. The number of unbranched alkanes of at least 4 members (excludes halogenated alkanes) is 1. The quantitative estimate of drug-likeness (QED) is 0.546. The molecule has 0 aliphatic rings. The Morgan fingerprint density at radius 2 is 1.89 bits per heavy atom. The molecule has 0 saturated heterocycles. The van der Waals surface area contributed by atoms with Gasteiger partial charge in [-0.15, -0.1) is 0 Å². The first-order valence-electron chi connectivity index (χ1n) is 9.42. The number of halogens is 1. The minimum absolute atomic E-state index is 0.251. The molecule has 5 nitrogen and oxygen atoms in total. The largest absolute Gasteiger partial charge is 0.494 e. The molecule has 0 spiro atoms. The van der Waals surface area contributed by atoms with Gasteiger partial charge in [-0.25, -0.2) is 4.39 Å². The highest BCUT2D eigenvalue weighted by molar-refractivity contribution is 5.93. The maximum Gasteiger partial charge on any atom is 0.269 e. The van der Waals surface area contributed by atoms with Crippen molar-refractivity contribution < 1.29 is 13.9 Å². The average Bonchev–Trinajstić information content (AvgIpc) is 3.19. The maximum atomic E-state index is 13.0. The number of carbonyl (C=O) groups is 1. The molecule has 2 N–H and O–H groups in total. The fourth-order valence-electron chi connectivity index (χ4n) is 2.75. The van der Waals surface area contributed by atoms with E-state index in [4.69, 9.17) is 4.74 Å². The monoisotopic (exact) mass is 381 g/mol. The second-order valence-corrected chi connectivity index (χ2v) is 6.64. The SMILES string of the molecule is CCCCOc1ccc(-c2cc(C(=O)N[C@@H](C)c3ccc(F)cc3)[nH]n2)cc1. The van der Waals surface area contributed by atoms with Crippen LogP contribution in [0.25, 0.3) is 11.3 Å². The molecule has 0 saturated carbocycles. The Morgan fingerprint density at radius 1 is 1.18 bits per heavy atom. The number of nitrogens with zero attached hydrogens (tertiary/aromatic N) is 1. The van der Waals surface area contributed by atoms with Crippen LogP contribution in [0.5, 0.6) is 5.75 Å². The third-order valence-corrected chi connectivity index (χ3v) is 4.46. The number of carbonyl (C=O) groups excluding carboxylic acids is 1. The first-order valence-corrected chi connectivity index (χ1v) is 9.42.